The third-order valence-corrected chi connectivity index (χ3v) is 6.29. The maximum Gasteiger partial charge on any atom is 0.225 e. The van der Waals surface area contributed by atoms with E-state index in [-0.39, 0.29) is 30.8 Å². The molecule has 1 aromatic rings. The predicted molar refractivity (Wildman–Crippen MR) is 117 cm³/mol. The average Bonchev–Trinajstić information content (AvgIpc) is 2.75. The fourth-order valence-electron chi connectivity index (χ4n) is 4.10. The van der Waals surface area contributed by atoms with Crippen LogP contribution in [0.15, 0.2) is 18.2 Å². The summed E-state index contributed by atoms with van der Waals surface area (Å²) in [6.45, 7) is 8.79. The van der Waals surface area contributed by atoms with E-state index < -0.39 is 5.60 Å². The van der Waals surface area contributed by atoms with Crippen molar-refractivity contribution in [1.82, 2.24) is 9.80 Å². The number of rotatable bonds is 6. The second kappa shape index (κ2) is 10.0. The van der Waals surface area contributed by atoms with Crippen LogP contribution in [0.1, 0.15) is 45.1 Å². The number of piperidine rings is 1. The number of benzene rings is 1. The molecule has 2 heterocycles. The van der Waals surface area contributed by atoms with Crippen LogP contribution in [-0.4, -0.2) is 66.6 Å². The highest BCUT2D eigenvalue weighted by Crippen LogP contribution is 2.28. The lowest BCUT2D eigenvalue weighted by Crippen LogP contribution is -2.59. The van der Waals surface area contributed by atoms with Gasteiger partial charge in [0, 0.05) is 30.6 Å². The molecule has 0 unspecified atom stereocenters. The predicted octanol–water partition coefficient (Wildman–Crippen LogP) is 3.68. The number of carbonyl (C=O) groups excluding carboxylic acids is 2. The van der Waals surface area contributed by atoms with Crippen LogP contribution in [0.2, 0.25) is 5.02 Å². The van der Waals surface area contributed by atoms with E-state index in [1.807, 2.05) is 42.7 Å². The van der Waals surface area contributed by atoms with Crippen LogP contribution < -0.4 is 4.74 Å². The summed E-state index contributed by atoms with van der Waals surface area (Å²) in [5, 5.41) is 0.681. The van der Waals surface area contributed by atoms with Crippen molar-refractivity contribution in [3.8, 4) is 5.75 Å². The first-order valence-corrected chi connectivity index (χ1v) is 11.3. The third kappa shape index (κ3) is 5.67. The summed E-state index contributed by atoms with van der Waals surface area (Å²) in [4.78, 5) is 29.4. The molecule has 0 aromatic heterocycles. The number of amides is 2. The van der Waals surface area contributed by atoms with Gasteiger partial charge < -0.3 is 19.3 Å². The minimum absolute atomic E-state index is 0.0735. The molecule has 0 aliphatic carbocycles. The highest BCUT2D eigenvalue weighted by atomic mass is 35.5. The topological polar surface area (TPSA) is 59.1 Å². The summed E-state index contributed by atoms with van der Waals surface area (Å²) >= 11 is 6.12. The van der Waals surface area contributed by atoms with Crippen molar-refractivity contribution in [1.29, 1.82) is 0 Å². The Hall–Kier alpha value is -1.79. The van der Waals surface area contributed by atoms with Gasteiger partial charge in [-0.15, -0.1) is 0 Å². The van der Waals surface area contributed by atoms with Crippen LogP contribution in [-0.2, 0) is 14.3 Å². The standard InChI is InChI=1S/C23H33ClN2O4/c1-17(2)22(28)26-11-12-30-23(15-26,14-21(27)25-9-5-4-6-10-25)16-29-19-7-8-20(24)18(3)13-19/h7-8,13,17H,4-6,9-12,14-16H2,1-3H3/t23-/m0/s1. The Bertz CT molecular complexity index is 764. The molecule has 1 aromatic carbocycles. The number of carbonyl (C=O) groups is 2. The van der Waals surface area contributed by atoms with Crippen LogP contribution >= 0.6 is 11.6 Å². The molecule has 0 saturated carbocycles. The van der Waals surface area contributed by atoms with E-state index in [1.165, 1.54) is 6.42 Å². The summed E-state index contributed by atoms with van der Waals surface area (Å²) in [7, 11) is 0. The molecule has 3 rings (SSSR count). The Morgan fingerprint density at radius 3 is 2.57 bits per heavy atom. The van der Waals surface area contributed by atoms with Gasteiger partial charge in [0.05, 0.1) is 19.6 Å². The summed E-state index contributed by atoms with van der Waals surface area (Å²) in [5.41, 5.74) is 0.0685. The van der Waals surface area contributed by atoms with Gasteiger partial charge in [0.2, 0.25) is 11.8 Å². The van der Waals surface area contributed by atoms with Gasteiger partial charge >= 0.3 is 0 Å². The fraction of sp³-hybridized carbons (Fsp3) is 0.652. The number of ether oxygens (including phenoxy) is 2. The van der Waals surface area contributed by atoms with E-state index in [4.69, 9.17) is 21.1 Å². The van der Waals surface area contributed by atoms with Gasteiger partial charge in [0.1, 0.15) is 18.0 Å². The van der Waals surface area contributed by atoms with Gasteiger partial charge in [-0.3, -0.25) is 9.59 Å². The molecule has 0 bridgehead atoms. The highest BCUT2D eigenvalue weighted by molar-refractivity contribution is 6.31. The van der Waals surface area contributed by atoms with Crippen molar-refractivity contribution in [3.05, 3.63) is 28.8 Å². The smallest absolute Gasteiger partial charge is 0.225 e. The Morgan fingerprint density at radius 1 is 1.17 bits per heavy atom. The Labute approximate surface area is 184 Å². The molecule has 2 fully saturated rings. The Kier molecular flexibility index (Phi) is 7.64. The molecule has 0 radical (unpaired) electrons. The molecule has 6 nitrogen and oxygen atoms in total. The van der Waals surface area contributed by atoms with E-state index in [1.54, 1.807) is 6.07 Å². The molecular weight excluding hydrogens is 404 g/mol. The summed E-state index contributed by atoms with van der Waals surface area (Å²) in [5.74, 6) is 0.732. The third-order valence-electron chi connectivity index (χ3n) is 5.87. The first kappa shape index (κ1) is 22.9. The van der Waals surface area contributed by atoms with Gasteiger partial charge in [-0.05, 0) is 49.9 Å². The number of hydrogen-bond donors (Lipinski definition) is 0. The molecule has 2 amide bonds. The van der Waals surface area contributed by atoms with Crippen molar-refractivity contribution in [2.45, 2.75) is 52.1 Å². The molecule has 2 aliphatic heterocycles. The Morgan fingerprint density at radius 2 is 1.90 bits per heavy atom. The molecule has 0 N–H and O–H groups in total. The molecule has 30 heavy (non-hydrogen) atoms. The monoisotopic (exact) mass is 436 g/mol. The van der Waals surface area contributed by atoms with E-state index >= 15 is 0 Å². The number of aryl methyl sites for hydroxylation is 1. The molecule has 0 spiro atoms. The number of nitrogens with zero attached hydrogens (tertiary/aromatic N) is 2. The number of halogens is 1. The van der Waals surface area contributed by atoms with Gasteiger partial charge in [-0.2, -0.15) is 0 Å². The van der Waals surface area contributed by atoms with Crippen LogP contribution in [0.25, 0.3) is 0 Å². The summed E-state index contributed by atoms with van der Waals surface area (Å²) in [6.07, 6.45) is 3.46. The first-order chi connectivity index (χ1) is 14.3. The molecule has 2 saturated heterocycles. The lowest BCUT2D eigenvalue weighted by molar-refractivity contribution is -0.167. The number of hydrogen-bond acceptors (Lipinski definition) is 4. The lowest BCUT2D eigenvalue weighted by Gasteiger charge is -2.43. The van der Waals surface area contributed by atoms with Crippen molar-refractivity contribution in [2.75, 3.05) is 39.4 Å². The zero-order valence-corrected chi connectivity index (χ0v) is 19.0. The summed E-state index contributed by atoms with van der Waals surface area (Å²) in [6, 6.07) is 5.49. The van der Waals surface area contributed by atoms with Crippen LogP contribution in [0, 0.1) is 12.8 Å². The number of likely N-dealkylation sites (tertiary alicyclic amines) is 1. The quantitative estimate of drug-likeness (QED) is 0.682. The molecule has 1 atom stereocenters. The van der Waals surface area contributed by atoms with Crippen LogP contribution in [0.5, 0.6) is 5.75 Å². The van der Waals surface area contributed by atoms with Crippen molar-refractivity contribution in [2.24, 2.45) is 5.92 Å². The first-order valence-electron chi connectivity index (χ1n) is 10.9. The van der Waals surface area contributed by atoms with Gasteiger partial charge in [-0.1, -0.05) is 25.4 Å². The SMILES string of the molecule is Cc1cc(OC[C@]2(CC(=O)N3CCCCC3)CN(C(=O)C(C)C)CCO2)ccc1Cl. The molecule has 2 aliphatic rings. The van der Waals surface area contributed by atoms with Gasteiger partial charge in [0.15, 0.2) is 0 Å². The van der Waals surface area contributed by atoms with E-state index in [0.717, 1.165) is 31.5 Å². The van der Waals surface area contributed by atoms with E-state index in [2.05, 4.69) is 0 Å². The van der Waals surface area contributed by atoms with E-state index in [9.17, 15) is 9.59 Å². The summed E-state index contributed by atoms with van der Waals surface area (Å²) < 4.78 is 12.2. The maximum atomic E-state index is 13.1. The second-order valence-electron chi connectivity index (χ2n) is 8.76. The average molecular weight is 437 g/mol. The zero-order chi connectivity index (χ0) is 21.7. The zero-order valence-electron chi connectivity index (χ0n) is 18.3. The largest absolute Gasteiger partial charge is 0.490 e. The minimum atomic E-state index is -0.856. The minimum Gasteiger partial charge on any atom is -0.490 e. The normalized spacial score (nSPS) is 22.3. The second-order valence-corrected chi connectivity index (χ2v) is 9.17. The maximum absolute atomic E-state index is 13.1. The van der Waals surface area contributed by atoms with Crippen LogP contribution in [0.4, 0.5) is 0 Å². The molecular formula is C23H33ClN2O4. The van der Waals surface area contributed by atoms with E-state index in [0.29, 0.717) is 30.5 Å². The molecule has 166 valence electrons. The Balaban J connectivity index is 1.76. The van der Waals surface area contributed by atoms with Gasteiger partial charge in [-0.25, -0.2) is 0 Å². The van der Waals surface area contributed by atoms with Crippen LogP contribution in [0.3, 0.4) is 0 Å². The number of morpholine rings is 1. The van der Waals surface area contributed by atoms with Crippen molar-refractivity contribution in [3.63, 3.8) is 0 Å². The highest BCUT2D eigenvalue weighted by Gasteiger charge is 2.42. The van der Waals surface area contributed by atoms with Crippen molar-refractivity contribution >= 4 is 23.4 Å². The van der Waals surface area contributed by atoms with Gasteiger partial charge in [0.25, 0.3) is 0 Å². The fourth-order valence-corrected chi connectivity index (χ4v) is 4.21. The lowest BCUT2D eigenvalue weighted by atomic mass is 9.95. The molecule has 7 heteroatoms. The van der Waals surface area contributed by atoms with Crippen molar-refractivity contribution < 1.29 is 19.1 Å².